The van der Waals surface area contributed by atoms with Crippen molar-refractivity contribution in [1.82, 2.24) is 0 Å². The molecule has 32 heavy (non-hydrogen) atoms. The summed E-state index contributed by atoms with van der Waals surface area (Å²) in [5.41, 5.74) is 2.79. The number of carbonyl (C=O) groups is 1. The Labute approximate surface area is 188 Å². The fourth-order valence-corrected chi connectivity index (χ4v) is 3.91. The van der Waals surface area contributed by atoms with Gasteiger partial charge in [0.05, 0.1) is 16.9 Å². The van der Waals surface area contributed by atoms with Gasteiger partial charge in [-0.15, -0.1) is 0 Å². The van der Waals surface area contributed by atoms with Gasteiger partial charge in [0, 0.05) is 31.7 Å². The Kier molecular flexibility index (Phi) is 8.42. The van der Waals surface area contributed by atoms with E-state index in [1.165, 1.54) is 12.1 Å². The van der Waals surface area contributed by atoms with E-state index in [1.54, 1.807) is 0 Å². The van der Waals surface area contributed by atoms with E-state index in [-0.39, 0.29) is 5.91 Å². The molecule has 1 amide bonds. The van der Waals surface area contributed by atoms with Gasteiger partial charge in [-0.2, -0.15) is 13.2 Å². The molecule has 2 aromatic rings. The lowest BCUT2D eigenvalue weighted by Crippen LogP contribution is -2.21. The minimum atomic E-state index is -4.33. The number of hydrogen-bond donors (Lipinski definition) is 2. The molecule has 7 heteroatoms. The van der Waals surface area contributed by atoms with Crippen molar-refractivity contribution in [3.8, 4) is 0 Å². The van der Waals surface area contributed by atoms with Gasteiger partial charge >= 0.3 is 6.18 Å². The summed E-state index contributed by atoms with van der Waals surface area (Å²) in [6, 6.07) is 11.0. The van der Waals surface area contributed by atoms with Crippen LogP contribution in [0.5, 0.6) is 0 Å². The van der Waals surface area contributed by atoms with Crippen molar-refractivity contribution < 1.29 is 18.0 Å². The maximum Gasteiger partial charge on any atom is 0.416 e. The monoisotopic (exact) mass is 447 g/mol. The van der Waals surface area contributed by atoms with Gasteiger partial charge in [0.1, 0.15) is 0 Å². The van der Waals surface area contributed by atoms with Crippen LogP contribution in [-0.2, 0) is 17.5 Å². The van der Waals surface area contributed by atoms with Crippen LogP contribution in [0.25, 0.3) is 0 Å². The normalized spacial score (nSPS) is 13.9. The number of amides is 1. The lowest BCUT2D eigenvalue weighted by atomic mass is 10.1. The maximum absolute atomic E-state index is 12.7. The van der Waals surface area contributed by atoms with Crippen LogP contribution in [0, 0.1) is 0 Å². The van der Waals surface area contributed by atoms with E-state index in [0.717, 1.165) is 86.4 Å². The zero-order valence-electron chi connectivity index (χ0n) is 18.6. The number of nitrogens with zero attached hydrogens (tertiary/aromatic N) is 1. The molecule has 1 aliphatic rings. The van der Waals surface area contributed by atoms with E-state index in [4.69, 9.17) is 0 Å². The third-order valence-electron chi connectivity index (χ3n) is 5.75. The average Bonchev–Trinajstić information content (AvgIpc) is 3.30. The molecule has 0 unspecified atom stereocenters. The second kappa shape index (κ2) is 11.2. The first kappa shape index (κ1) is 24.0. The highest BCUT2D eigenvalue weighted by Crippen LogP contribution is 2.33. The number of benzene rings is 2. The molecule has 3 rings (SSSR count). The molecule has 2 aromatic carbocycles. The number of hydrogen-bond acceptors (Lipinski definition) is 3. The van der Waals surface area contributed by atoms with Crippen LogP contribution >= 0.6 is 0 Å². The fourth-order valence-electron chi connectivity index (χ4n) is 3.91. The molecular weight excluding hydrogens is 415 g/mol. The smallest absolute Gasteiger partial charge is 0.381 e. The molecule has 174 valence electrons. The molecular formula is C25H32F3N3O. The molecule has 0 radical (unpaired) electrons. The van der Waals surface area contributed by atoms with Crippen LogP contribution in [-0.4, -0.2) is 19.0 Å². The molecule has 2 N–H and O–H groups in total. The van der Waals surface area contributed by atoms with E-state index in [1.807, 2.05) is 18.2 Å². The SMILES string of the molecule is CCCCCCC(=O)Nc1ccc(NCc2ccc(C(F)(F)F)cc2)cc1N1CCCC1. The van der Waals surface area contributed by atoms with Gasteiger partial charge in [-0.3, -0.25) is 4.79 Å². The Balaban J connectivity index is 1.65. The van der Waals surface area contributed by atoms with Gasteiger partial charge in [0.2, 0.25) is 5.91 Å². The zero-order chi connectivity index (χ0) is 23.0. The van der Waals surface area contributed by atoms with Crippen molar-refractivity contribution in [2.45, 2.75) is 64.6 Å². The lowest BCUT2D eigenvalue weighted by Gasteiger charge is -2.23. The number of anilines is 3. The highest BCUT2D eigenvalue weighted by Gasteiger charge is 2.29. The Morgan fingerprint density at radius 1 is 1.00 bits per heavy atom. The summed E-state index contributed by atoms with van der Waals surface area (Å²) < 4.78 is 38.2. The van der Waals surface area contributed by atoms with Crippen LogP contribution in [0.2, 0.25) is 0 Å². The summed E-state index contributed by atoms with van der Waals surface area (Å²) in [4.78, 5) is 14.7. The number of carbonyl (C=O) groups excluding carboxylic acids is 1. The molecule has 0 aromatic heterocycles. The predicted molar refractivity (Wildman–Crippen MR) is 124 cm³/mol. The summed E-state index contributed by atoms with van der Waals surface area (Å²) >= 11 is 0. The third kappa shape index (κ3) is 6.90. The molecule has 0 saturated carbocycles. The largest absolute Gasteiger partial charge is 0.416 e. The molecule has 0 aliphatic carbocycles. The van der Waals surface area contributed by atoms with Crippen molar-refractivity contribution in [2.75, 3.05) is 28.6 Å². The number of unbranched alkanes of at least 4 members (excludes halogenated alkanes) is 3. The third-order valence-corrected chi connectivity index (χ3v) is 5.75. The highest BCUT2D eigenvalue weighted by atomic mass is 19.4. The topological polar surface area (TPSA) is 44.4 Å². The fraction of sp³-hybridized carbons (Fsp3) is 0.480. The highest BCUT2D eigenvalue weighted by molar-refractivity contribution is 5.95. The van der Waals surface area contributed by atoms with E-state index in [2.05, 4.69) is 22.5 Å². The average molecular weight is 448 g/mol. The maximum atomic E-state index is 12.7. The minimum Gasteiger partial charge on any atom is -0.381 e. The zero-order valence-corrected chi connectivity index (χ0v) is 18.6. The van der Waals surface area contributed by atoms with E-state index in [9.17, 15) is 18.0 Å². The number of halogens is 3. The quantitative estimate of drug-likeness (QED) is 0.393. The summed E-state index contributed by atoms with van der Waals surface area (Å²) in [6.45, 7) is 4.46. The summed E-state index contributed by atoms with van der Waals surface area (Å²) in [7, 11) is 0. The van der Waals surface area contributed by atoms with Crippen LogP contribution in [0.3, 0.4) is 0 Å². The van der Waals surface area contributed by atoms with Gasteiger partial charge in [0.25, 0.3) is 0 Å². The Morgan fingerprint density at radius 3 is 2.38 bits per heavy atom. The van der Waals surface area contributed by atoms with Crippen LogP contribution in [0.1, 0.15) is 63.0 Å². The van der Waals surface area contributed by atoms with Crippen LogP contribution in [0.15, 0.2) is 42.5 Å². The van der Waals surface area contributed by atoms with E-state index >= 15 is 0 Å². The van der Waals surface area contributed by atoms with Crippen LogP contribution < -0.4 is 15.5 Å². The standard InChI is InChI=1S/C25H32F3N3O/c1-2-3-4-5-8-24(32)30-22-14-13-21(17-23(22)31-15-6-7-16-31)29-18-19-9-11-20(12-10-19)25(26,27)28/h9-14,17,29H,2-8,15-16,18H2,1H3,(H,30,32). The van der Waals surface area contributed by atoms with Gasteiger partial charge in [0.15, 0.2) is 0 Å². The molecule has 1 aliphatic heterocycles. The van der Waals surface area contributed by atoms with Crippen molar-refractivity contribution in [3.63, 3.8) is 0 Å². The van der Waals surface area contributed by atoms with Gasteiger partial charge in [-0.05, 0) is 55.2 Å². The molecule has 0 spiro atoms. The first-order valence-corrected chi connectivity index (χ1v) is 11.5. The number of alkyl halides is 3. The van der Waals surface area contributed by atoms with Crippen molar-refractivity contribution in [2.24, 2.45) is 0 Å². The second-order valence-electron chi connectivity index (χ2n) is 8.33. The first-order valence-electron chi connectivity index (χ1n) is 11.5. The number of rotatable bonds is 10. The van der Waals surface area contributed by atoms with Gasteiger partial charge in [-0.1, -0.05) is 38.3 Å². The summed E-state index contributed by atoms with van der Waals surface area (Å²) in [5.74, 6) is 0.0343. The van der Waals surface area contributed by atoms with Crippen molar-refractivity contribution in [3.05, 3.63) is 53.6 Å². The lowest BCUT2D eigenvalue weighted by molar-refractivity contribution is -0.137. The van der Waals surface area contributed by atoms with Crippen molar-refractivity contribution in [1.29, 1.82) is 0 Å². The minimum absolute atomic E-state index is 0.0343. The summed E-state index contributed by atoms with van der Waals surface area (Å²) in [5, 5.41) is 6.36. The Morgan fingerprint density at radius 2 is 1.72 bits per heavy atom. The molecule has 0 bridgehead atoms. The van der Waals surface area contributed by atoms with Crippen molar-refractivity contribution >= 4 is 23.0 Å². The molecule has 4 nitrogen and oxygen atoms in total. The first-order chi connectivity index (χ1) is 15.4. The van der Waals surface area contributed by atoms with E-state index in [0.29, 0.717) is 13.0 Å². The molecule has 0 atom stereocenters. The van der Waals surface area contributed by atoms with Crippen LogP contribution in [0.4, 0.5) is 30.2 Å². The Bertz CT molecular complexity index is 875. The predicted octanol–water partition coefficient (Wildman–Crippen LogP) is 6.83. The second-order valence-corrected chi connectivity index (χ2v) is 8.33. The molecule has 1 fully saturated rings. The molecule has 1 heterocycles. The number of nitrogens with one attached hydrogen (secondary N) is 2. The van der Waals surface area contributed by atoms with Gasteiger partial charge < -0.3 is 15.5 Å². The summed E-state index contributed by atoms with van der Waals surface area (Å²) in [6.07, 6.45) is 2.68. The van der Waals surface area contributed by atoms with E-state index < -0.39 is 11.7 Å². The Hall–Kier alpha value is -2.70. The molecule has 1 saturated heterocycles. The van der Waals surface area contributed by atoms with Gasteiger partial charge in [-0.25, -0.2) is 0 Å².